The average Bonchev–Trinajstić information content (AvgIpc) is 3.11. The molecule has 1 N–H and O–H groups in total. The lowest BCUT2D eigenvalue weighted by Gasteiger charge is -2.09. The number of nitrogens with one attached hydrogen (secondary N) is 1. The molecule has 3 aromatic heterocycles. The molecule has 0 aliphatic rings. The Hall–Kier alpha value is -3.54. The molecule has 1 amide bonds. The van der Waals surface area contributed by atoms with Crippen molar-refractivity contribution in [3.8, 4) is 11.3 Å². The first-order chi connectivity index (χ1) is 13.3. The van der Waals surface area contributed by atoms with Crippen molar-refractivity contribution in [3.63, 3.8) is 0 Å². The van der Waals surface area contributed by atoms with Gasteiger partial charge in [0.15, 0.2) is 5.65 Å². The van der Waals surface area contributed by atoms with Crippen molar-refractivity contribution in [2.24, 2.45) is 0 Å². The number of amides is 1. The van der Waals surface area contributed by atoms with Gasteiger partial charge in [-0.25, -0.2) is 9.67 Å². The van der Waals surface area contributed by atoms with Crippen LogP contribution in [0.1, 0.15) is 22.8 Å². The molecule has 6 nitrogen and oxygen atoms in total. The second-order valence-electron chi connectivity index (χ2n) is 6.18. The smallest absolute Gasteiger partial charge is 0.252 e. The third-order valence-electron chi connectivity index (χ3n) is 4.34. The predicted octanol–water partition coefficient (Wildman–Crippen LogP) is 3.29. The molecular formula is C21H19N5O. The molecule has 0 aliphatic carbocycles. The zero-order valence-corrected chi connectivity index (χ0v) is 15.0. The molecule has 4 aromatic rings. The van der Waals surface area contributed by atoms with Crippen LogP contribution < -0.4 is 5.32 Å². The first-order valence-corrected chi connectivity index (χ1v) is 8.85. The van der Waals surface area contributed by atoms with Gasteiger partial charge in [0.2, 0.25) is 0 Å². The largest absolute Gasteiger partial charge is 0.352 e. The van der Waals surface area contributed by atoms with E-state index in [1.165, 1.54) is 0 Å². The number of carbonyl (C=O) groups is 1. The van der Waals surface area contributed by atoms with Crippen molar-refractivity contribution < 1.29 is 4.79 Å². The second-order valence-corrected chi connectivity index (χ2v) is 6.18. The second kappa shape index (κ2) is 7.37. The highest BCUT2D eigenvalue weighted by Gasteiger charge is 2.17. The number of carbonyl (C=O) groups excluding carboxylic acids is 1. The Balaban J connectivity index is 1.87. The molecule has 0 saturated heterocycles. The lowest BCUT2D eigenvalue weighted by atomic mass is 10.1. The van der Waals surface area contributed by atoms with Crippen LogP contribution in [0.3, 0.4) is 0 Å². The molecule has 134 valence electrons. The third-order valence-corrected chi connectivity index (χ3v) is 4.34. The van der Waals surface area contributed by atoms with E-state index in [-0.39, 0.29) is 5.91 Å². The molecule has 0 spiro atoms. The highest BCUT2D eigenvalue weighted by molar-refractivity contribution is 6.06. The van der Waals surface area contributed by atoms with Crippen LogP contribution in [0.2, 0.25) is 0 Å². The first-order valence-electron chi connectivity index (χ1n) is 8.85. The van der Waals surface area contributed by atoms with Crippen molar-refractivity contribution in [2.45, 2.75) is 13.5 Å². The number of hydrogen-bond donors (Lipinski definition) is 1. The van der Waals surface area contributed by atoms with E-state index in [4.69, 9.17) is 4.98 Å². The molecule has 0 unspecified atom stereocenters. The summed E-state index contributed by atoms with van der Waals surface area (Å²) in [6.07, 6.45) is 5.22. The SMILES string of the molecule is CCNC(=O)c1cc(-c2ccccc2)nc2c1cnn2Cc1ccncc1. The highest BCUT2D eigenvalue weighted by Crippen LogP contribution is 2.25. The Morgan fingerprint density at radius 2 is 1.89 bits per heavy atom. The summed E-state index contributed by atoms with van der Waals surface area (Å²) in [4.78, 5) is 21.5. The van der Waals surface area contributed by atoms with E-state index in [0.717, 1.165) is 22.2 Å². The molecule has 1 aromatic carbocycles. The van der Waals surface area contributed by atoms with Gasteiger partial charge >= 0.3 is 0 Å². The van der Waals surface area contributed by atoms with Gasteiger partial charge in [-0.05, 0) is 30.7 Å². The van der Waals surface area contributed by atoms with E-state index in [0.29, 0.717) is 24.3 Å². The summed E-state index contributed by atoms with van der Waals surface area (Å²) in [6.45, 7) is 3.03. The Kier molecular flexibility index (Phi) is 4.61. The Bertz CT molecular complexity index is 1070. The van der Waals surface area contributed by atoms with Crippen molar-refractivity contribution in [1.29, 1.82) is 0 Å². The van der Waals surface area contributed by atoms with Crippen molar-refractivity contribution in [3.05, 3.63) is 78.2 Å². The predicted molar refractivity (Wildman–Crippen MR) is 104 cm³/mol. The maximum Gasteiger partial charge on any atom is 0.252 e. The minimum absolute atomic E-state index is 0.120. The first kappa shape index (κ1) is 16.9. The van der Waals surface area contributed by atoms with E-state index in [1.807, 2.05) is 60.1 Å². The number of hydrogen-bond acceptors (Lipinski definition) is 4. The van der Waals surface area contributed by atoms with Crippen LogP contribution in [0.4, 0.5) is 0 Å². The van der Waals surface area contributed by atoms with Gasteiger partial charge in [-0.15, -0.1) is 0 Å². The molecule has 0 aliphatic heterocycles. The van der Waals surface area contributed by atoms with Crippen LogP contribution in [-0.4, -0.2) is 32.2 Å². The van der Waals surface area contributed by atoms with E-state index in [9.17, 15) is 4.79 Å². The lowest BCUT2D eigenvalue weighted by molar-refractivity contribution is 0.0957. The van der Waals surface area contributed by atoms with E-state index in [2.05, 4.69) is 15.4 Å². The number of aromatic nitrogens is 4. The summed E-state index contributed by atoms with van der Waals surface area (Å²) in [5, 5.41) is 8.11. The Morgan fingerprint density at radius 1 is 1.11 bits per heavy atom. The van der Waals surface area contributed by atoms with Gasteiger partial charge < -0.3 is 5.32 Å². The van der Waals surface area contributed by atoms with E-state index >= 15 is 0 Å². The van der Waals surface area contributed by atoms with Crippen LogP contribution in [0, 0.1) is 0 Å². The van der Waals surface area contributed by atoms with Crippen molar-refractivity contribution in [2.75, 3.05) is 6.54 Å². The quantitative estimate of drug-likeness (QED) is 0.595. The summed E-state index contributed by atoms with van der Waals surface area (Å²) in [5.41, 5.74) is 4.06. The average molecular weight is 357 g/mol. The molecule has 27 heavy (non-hydrogen) atoms. The van der Waals surface area contributed by atoms with Gasteiger partial charge in [-0.2, -0.15) is 5.10 Å². The zero-order valence-electron chi connectivity index (χ0n) is 15.0. The fourth-order valence-corrected chi connectivity index (χ4v) is 3.02. The molecule has 3 heterocycles. The number of pyridine rings is 2. The van der Waals surface area contributed by atoms with Gasteiger partial charge in [0, 0.05) is 24.5 Å². The molecule has 0 saturated carbocycles. The molecule has 0 radical (unpaired) electrons. The summed E-state index contributed by atoms with van der Waals surface area (Å²) < 4.78 is 1.82. The van der Waals surface area contributed by atoms with Crippen LogP contribution in [0.5, 0.6) is 0 Å². The number of rotatable bonds is 5. The van der Waals surface area contributed by atoms with Crippen LogP contribution in [0.25, 0.3) is 22.3 Å². The maximum absolute atomic E-state index is 12.6. The van der Waals surface area contributed by atoms with Crippen LogP contribution in [0.15, 0.2) is 67.1 Å². The van der Waals surface area contributed by atoms with Crippen molar-refractivity contribution in [1.82, 2.24) is 25.1 Å². The standard InChI is InChI=1S/C21H19N5O/c1-2-23-21(27)17-12-19(16-6-4-3-5-7-16)25-20-18(17)13-24-26(20)14-15-8-10-22-11-9-15/h3-13H,2,14H2,1H3,(H,23,27). The van der Waals surface area contributed by atoms with Gasteiger partial charge in [0.05, 0.1) is 29.4 Å². The van der Waals surface area contributed by atoms with Crippen LogP contribution >= 0.6 is 0 Å². The van der Waals surface area contributed by atoms with Gasteiger partial charge in [0.1, 0.15) is 0 Å². The summed E-state index contributed by atoms with van der Waals surface area (Å²) in [7, 11) is 0. The minimum atomic E-state index is -0.120. The van der Waals surface area contributed by atoms with Crippen molar-refractivity contribution >= 4 is 16.9 Å². The topological polar surface area (TPSA) is 72.7 Å². The zero-order chi connectivity index (χ0) is 18.6. The molecule has 0 atom stereocenters. The van der Waals surface area contributed by atoms with Gasteiger partial charge in [-0.3, -0.25) is 9.78 Å². The fraction of sp³-hybridized carbons (Fsp3) is 0.143. The molecule has 0 bridgehead atoms. The highest BCUT2D eigenvalue weighted by atomic mass is 16.1. The molecule has 0 fully saturated rings. The monoisotopic (exact) mass is 357 g/mol. The summed E-state index contributed by atoms with van der Waals surface area (Å²) in [5.74, 6) is -0.120. The molecular weight excluding hydrogens is 338 g/mol. The summed E-state index contributed by atoms with van der Waals surface area (Å²) >= 11 is 0. The third kappa shape index (κ3) is 3.42. The van der Waals surface area contributed by atoms with E-state index < -0.39 is 0 Å². The molecule has 4 rings (SSSR count). The normalized spacial score (nSPS) is 10.9. The minimum Gasteiger partial charge on any atom is -0.352 e. The Labute approximate surface area is 156 Å². The summed E-state index contributed by atoms with van der Waals surface area (Å²) in [6, 6.07) is 15.6. The lowest BCUT2D eigenvalue weighted by Crippen LogP contribution is -2.23. The Morgan fingerprint density at radius 3 is 2.63 bits per heavy atom. The van der Waals surface area contributed by atoms with Gasteiger partial charge in [-0.1, -0.05) is 30.3 Å². The van der Waals surface area contributed by atoms with Gasteiger partial charge in [0.25, 0.3) is 5.91 Å². The number of fused-ring (bicyclic) bond motifs is 1. The maximum atomic E-state index is 12.6. The van der Waals surface area contributed by atoms with E-state index in [1.54, 1.807) is 18.6 Å². The molecule has 6 heteroatoms. The fourth-order valence-electron chi connectivity index (χ4n) is 3.02. The number of nitrogens with zero attached hydrogens (tertiary/aromatic N) is 4. The number of benzene rings is 1. The van der Waals surface area contributed by atoms with Crippen LogP contribution in [-0.2, 0) is 6.54 Å².